The quantitative estimate of drug-likeness (QED) is 0.825. The summed E-state index contributed by atoms with van der Waals surface area (Å²) < 4.78 is 13.8. The molecule has 0 spiro atoms. The molecular weight excluding hydrogens is 309 g/mol. The standard InChI is InChI=1S/C17H20FN5O/c1-12-15(20-11-19-12)10-23-8-7-13(9-17(23)24)21-22(2)16-6-4-3-5-14(16)18/h3-6,9,11,21H,7-8,10H2,1-2H3,(H,19,20). The number of nitrogens with zero attached hydrogens (tertiary/aromatic N) is 3. The van der Waals surface area contributed by atoms with Gasteiger partial charge in [0, 0.05) is 37.5 Å². The lowest BCUT2D eigenvalue weighted by atomic mass is 10.2. The maximum Gasteiger partial charge on any atom is 0.248 e. The van der Waals surface area contributed by atoms with Gasteiger partial charge in [0.1, 0.15) is 5.82 Å². The van der Waals surface area contributed by atoms with Crippen molar-refractivity contribution in [2.24, 2.45) is 0 Å². The highest BCUT2D eigenvalue weighted by atomic mass is 19.1. The number of anilines is 1. The summed E-state index contributed by atoms with van der Waals surface area (Å²) >= 11 is 0. The summed E-state index contributed by atoms with van der Waals surface area (Å²) in [5.41, 5.74) is 6.12. The maximum atomic E-state index is 13.8. The zero-order valence-corrected chi connectivity index (χ0v) is 13.7. The van der Waals surface area contributed by atoms with Gasteiger partial charge in [0.2, 0.25) is 5.91 Å². The maximum absolute atomic E-state index is 13.8. The Bertz CT molecular complexity index is 770. The molecule has 1 aliphatic heterocycles. The van der Waals surface area contributed by atoms with Crippen molar-refractivity contribution in [3.05, 3.63) is 59.6 Å². The fourth-order valence-corrected chi connectivity index (χ4v) is 2.65. The number of aromatic amines is 1. The van der Waals surface area contributed by atoms with Crippen LogP contribution in [0.4, 0.5) is 10.1 Å². The van der Waals surface area contributed by atoms with Crippen molar-refractivity contribution in [2.45, 2.75) is 19.9 Å². The molecule has 1 aromatic heterocycles. The molecule has 6 nitrogen and oxygen atoms in total. The smallest absolute Gasteiger partial charge is 0.248 e. The predicted octanol–water partition coefficient (Wildman–Crippen LogP) is 2.11. The SMILES string of the molecule is Cc1[nH]cnc1CN1CCC(NN(C)c2ccccc2F)=CC1=O. The van der Waals surface area contributed by atoms with Gasteiger partial charge in [-0.15, -0.1) is 0 Å². The van der Waals surface area contributed by atoms with Gasteiger partial charge < -0.3 is 15.3 Å². The van der Waals surface area contributed by atoms with Gasteiger partial charge in [0.05, 0.1) is 24.3 Å². The van der Waals surface area contributed by atoms with Gasteiger partial charge in [-0.3, -0.25) is 9.80 Å². The zero-order chi connectivity index (χ0) is 17.1. The van der Waals surface area contributed by atoms with Crippen LogP contribution >= 0.6 is 0 Å². The number of hydrogen-bond acceptors (Lipinski definition) is 4. The van der Waals surface area contributed by atoms with Crippen molar-refractivity contribution >= 4 is 11.6 Å². The van der Waals surface area contributed by atoms with Gasteiger partial charge in [-0.1, -0.05) is 12.1 Å². The molecule has 24 heavy (non-hydrogen) atoms. The lowest BCUT2D eigenvalue weighted by Crippen LogP contribution is -2.40. The van der Waals surface area contributed by atoms with E-state index in [1.807, 2.05) is 6.92 Å². The molecule has 0 aliphatic carbocycles. The van der Waals surface area contributed by atoms with E-state index in [1.54, 1.807) is 47.6 Å². The van der Waals surface area contributed by atoms with Crippen LogP contribution in [0.2, 0.25) is 0 Å². The molecule has 0 saturated heterocycles. The van der Waals surface area contributed by atoms with Crippen molar-refractivity contribution < 1.29 is 9.18 Å². The monoisotopic (exact) mass is 329 g/mol. The number of amides is 1. The third-order valence-electron chi connectivity index (χ3n) is 4.06. The summed E-state index contributed by atoms with van der Waals surface area (Å²) in [5, 5.41) is 1.59. The van der Waals surface area contributed by atoms with Crippen LogP contribution in [0.1, 0.15) is 17.8 Å². The molecule has 2 N–H and O–H groups in total. The van der Waals surface area contributed by atoms with E-state index < -0.39 is 0 Å². The molecule has 0 bridgehead atoms. The number of hydrogen-bond donors (Lipinski definition) is 2. The third kappa shape index (κ3) is 3.40. The first-order valence-corrected chi connectivity index (χ1v) is 7.78. The number of carbonyl (C=O) groups excluding carboxylic acids is 1. The van der Waals surface area contributed by atoms with Gasteiger partial charge in [-0.05, 0) is 19.1 Å². The second-order valence-corrected chi connectivity index (χ2v) is 5.78. The summed E-state index contributed by atoms with van der Waals surface area (Å²) in [6, 6.07) is 6.50. The molecule has 1 aromatic carbocycles. The van der Waals surface area contributed by atoms with Gasteiger partial charge in [0.25, 0.3) is 0 Å². The fraction of sp³-hybridized carbons (Fsp3) is 0.294. The molecular formula is C17H20FN5O. The van der Waals surface area contributed by atoms with E-state index in [0.717, 1.165) is 17.1 Å². The number of carbonyl (C=O) groups is 1. The Balaban J connectivity index is 1.65. The number of hydrazine groups is 1. The van der Waals surface area contributed by atoms with Crippen molar-refractivity contribution in [2.75, 3.05) is 18.6 Å². The van der Waals surface area contributed by atoms with Crippen molar-refractivity contribution in [1.82, 2.24) is 20.3 Å². The Hall–Kier alpha value is -2.83. The minimum Gasteiger partial charge on any atom is -0.348 e. The lowest BCUT2D eigenvalue weighted by molar-refractivity contribution is -0.127. The molecule has 126 valence electrons. The van der Waals surface area contributed by atoms with Crippen LogP contribution in [0.15, 0.2) is 42.4 Å². The summed E-state index contributed by atoms with van der Waals surface area (Å²) in [4.78, 5) is 21.3. The van der Waals surface area contributed by atoms with Crippen LogP contribution in [-0.4, -0.2) is 34.4 Å². The zero-order valence-electron chi connectivity index (χ0n) is 13.7. The second-order valence-electron chi connectivity index (χ2n) is 5.78. The summed E-state index contributed by atoms with van der Waals surface area (Å²) in [6.07, 6.45) is 3.86. The molecule has 2 heterocycles. The van der Waals surface area contributed by atoms with Crippen molar-refractivity contribution in [3.8, 4) is 0 Å². The molecule has 0 unspecified atom stereocenters. The first kappa shape index (κ1) is 16.0. The Morgan fingerprint density at radius 1 is 1.42 bits per heavy atom. The summed E-state index contributed by atoms with van der Waals surface area (Å²) in [7, 11) is 1.73. The number of rotatable bonds is 5. The van der Waals surface area contributed by atoms with Crippen LogP contribution in [0.5, 0.6) is 0 Å². The molecule has 7 heteroatoms. The molecule has 0 fully saturated rings. The topological polar surface area (TPSA) is 64.3 Å². The Morgan fingerprint density at radius 3 is 2.88 bits per heavy atom. The average Bonchev–Trinajstić information content (AvgIpc) is 2.95. The molecule has 0 saturated carbocycles. The van der Waals surface area contributed by atoms with E-state index >= 15 is 0 Å². The lowest BCUT2D eigenvalue weighted by Gasteiger charge is -2.29. The van der Waals surface area contributed by atoms with E-state index in [4.69, 9.17) is 0 Å². The summed E-state index contributed by atoms with van der Waals surface area (Å²) in [5.74, 6) is -0.390. The number of halogens is 1. The Labute approximate surface area is 140 Å². The normalized spacial score (nSPS) is 14.5. The van der Waals surface area contributed by atoms with Gasteiger partial charge in [-0.25, -0.2) is 9.37 Å². The highest BCUT2D eigenvalue weighted by molar-refractivity contribution is 5.89. The number of imidazole rings is 1. The Morgan fingerprint density at radius 2 is 2.21 bits per heavy atom. The number of aromatic nitrogens is 2. The van der Waals surface area contributed by atoms with Crippen LogP contribution < -0.4 is 10.4 Å². The highest BCUT2D eigenvalue weighted by Crippen LogP contribution is 2.18. The predicted molar refractivity (Wildman–Crippen MR) is 89.4 cm³/mol. The van der Waals surface area contributed by atoms with Crippen LogP contribution in [0, 0.1) is 12.7 Å². The first-order valence-electron chi connectivity index (χ1n) is 7.78. The van der Waals surface area contributed by atoms with E-state index in [0.29, 0.717) is 25.2 Å². The number of para-hydroxylation sites is 1. The molecule has 2 aromatic rings. The van der Waals surface area contributed by atoms with E-state index in [1.165, 1.54) is 6.07 Å². The molecule has 1 amide bonds. The van der Waals surface area contributed by atoms with E-state index in [2.05, 4.69) is 15.4 Å². The number of aryl methyl sites for hydroxylation is 1. The largest absolute Gasteiger partial charge is 0.348 e. The number of benzene rings is 1. The van der Waals surface area contributed by atoms with Gasteiger partial charge in [-0.2, -0.15) is 0 Å². The molecule has 3 rings (SSSR count). The minimum absolute atomic E-state index is 0.0758. The molecule has 0 radical (unpaired) electrons. The third-order valence-corrected chi connectivity index (χ3v) is 4.06. The van der Waals surface area contributed by atoms with E-state index in [-0.39, 0.29) is 11.7 Å². The highest BCUT2D eigenvalue weighted by Gasteiger charge is 2.21. The average molecular weight is 329 g/mol. The van der Waals surface area contributed by atoms with Crippen LogP contribution in [0.3, 0.4) is 0 Å². The number of nitrogens with one attached hydrogen (secondary N) is 2. The minimum atomic E-state index is -0.314. The van der Waals surface area contributed by atoms with Crippen LogP contribution in [-0.2, 0) is 11.3 Å². The summed E-state index contributed by atoms with van der Waals surface area (Å²) in [6.45, 7) is 3.01. The first-order chi connectivity index (χ1) is 11.5. The molecule has 0 atom stereocenters. The Kier molecular flexibility index (Phi) is 4.50. The van der Waals surface area contributed by atoms with Crippen LogP contribution in [0.25, 0.3) is 0 Å². The van der Waals surface area contributed by atoms with Gasteiger partial charge >= 0.3 is 0 Å². The van der Waals surface area contributed by atoms with Crippen molar-refractivity contribution in [1.29, 1.82) is 0 Å². The fourth-order valence-electron chi connectivity index (χ4n) is 2.65. The second kappa shape index (κ2) is 6.74. The molecule has 1 aliphatic rings. The van der Waals surface area contributed by atoms with Crippen molar-refractivity contribution in [3.63, 3.8) is 0 Å². The number of H-pyrrole nitrogens is 1. The van der Waals surface area contributed by atoms with E-state index in [9.17, 15) is 9.18 Å². The van der Waals surface area contributed by atoms with Gasteiger partial charge in [0.15, 0.2) is 0 Å².